The number of β-amino-alcohol motifs (C(OH)–C–C–N with tert-alkyl or cyclic N) is 1. The smallest absolute Gasteiger partial charge is 0.341 e. The summed E-state index contributed by atoms with van der Waals surface area (Å²) in [5.74, 6) is -1.33. The average Bonchev–Trinajstić information content (AvgIpc) is 3.23. The van der Waals surface area contributed by atoms with Crippen LogP contribution in [0.15, 0.2) is 40.7 Å². The number of fused-ring (bicyclic) bond motifs is 1. The SMILES string of the molecule is CCn1cc(C(=O)O)c(=O)c2cc(F)c(N3CCN(CC(O)CSc4nccn4C)CC3)cc21. The summed E-state index contributed by atoms with van der Waals surface area (Å²) < 4.78 is 18.6. The standard InChI is InChI=1S/C23H28FN5O4S/c1-3-28-13-17(22(32)33)21(31)16-10-18(24)20(11-19(16)28)29-8-6-27(7-9-29)12-15(30)14-34-23-25-4-5-26(23)2/h4-5,10-11,13,15,30H,3,6-9,12,14H2,1-2H3,(H,32,33). The zero-order chi connectivity index (χ0) is 24.4. The molecule has 1 aromatic carbocycles. The quantitative estimate of drug-likeness (QED) is 0.462. The van der Waals surface area contributed by atoms with Gasteiger partial charge in [-0.05, 0) is 19.1 Å². The second-order valence-corrected chi connectivity index (χ2v) is 9.34. The minimum Gasteiger partial charge on any atom is -0.477 e. The topological polar surface area (TPSA) is 104 Å². The Kier molecular flexibility index (Phi) is 7.24. The lowest BCUT2D eigenvalue weighted by atomic mass is 10.1. The van der Waals surface area contributed by atoms with Gasteiger partial charge in [0.25, 0.3) is 0 Å². The molecule has 4 rings (SSSR count). The molecule has 182 valence electrons. The Hall–Kier alpha value is -2.89. The number of aryl methyl sites for hydroxylation is 2. The lowest BCUT2D eigenvalue weighted by molar-refractivity contribution is 0.0694. The molecule has 1 saturated heterocycles. The Bertz CT molecular complexity index is 1250. The van der Waals surface area contributed by atoms with Crippen LogP contribution in [0.2, 0.25) is 0 Å². The summed E-state index contributed by atoms with van der Waals surface area (Å²) in [6, 6.07) is 2.78. The fraction of sp³-hybridized carbons (Fsp3) is 0.435. The Morgan fingerprint density at radius 1 is 1.26 bits per heavy atom. The Balaban J connectivity index is 1.44. The van der Waals surface area contributed by atoms with Crippen molar-refractivity contribution < 1.29 is 19.4 Å². The third kappa shape index (κ3) is 4.96. The molecule has 1 unspecified atom stereocenters. The average molecular weight is 490 g/mol. The van der Waals surface area contributed by atoms with Crippen LogP contribution in [0.25, 0.3) is 10.9 Å². The maximum Gasteiger partial charge on any atom is 0.341 e. The zero-order valence-corrected chi connectivity index (χ0v) is 20.0. The molecular weight excluding hydrogens is 461 g/mol. The minimum atomic E-state index is -1.32. The van der Waals surface area contributed by atoms with Crippen molar-refractivity contribution in [3.8, 4) is 0 Å². The summed E-state index contributed by atoms with van der Waals surface area (Å²) in [7, 11) is 1.91. The van der Waals surface area contributed by atoms with Crippen molar-refractivity contribution in [2.45, 2.75) is 24.7 Å². The van der Waals surface area contributed by atoms with Crippen LogP contribution in [0.1, 0.15) is 17.3 Å². The maximum atomic E-state index is 15.0. The van der Waals surface area contributed by atoms with E-state index in [1.807, 2.05) is 29.6 Å². The molecule has 3 heterocycles. The number of piperazine rings is 1. The summed E-state index contributed by atoms with van der Waals surface area (Å²) in [6.45, 7) is 5.30. The number of imidazole rings is 1. The molecule has 34 heavy (non-hydrogen) atoms. The second-order valence-electron chi connectivity index (χ2n) is 8.36. The van der Waals surface area contributed by atoms with Gasteiger partial charge < -0.3 is 24.2 Å². The van der Waals surface area contributed by atoms with Crippen LogP contribution >= 0.6 is 11.8 Å². The molecule has 0 saturated carbocycles. The lowest BCUT2D eigenvalue weighted by Gasteiger charge is -2.37. The maximum absolute atomic E-state index is 15.0. The first-order valence-electron chi connectivity index (χ1n) is 11.1. The van der Waals surface area contributed by atoms with Crippen LogP contribution in [0.4, 0.5) is 10.1 Å². The van der Waals surface area contributed by atoms with E-state index in [0.29, 0.717) is 56.2 Å². The molecular formula is C23H28FN5O4S. The summed E-state index contributed by atoms with van der Waals surface area (Å²) in [6.07, 6.45) is 4.40. The molecule has 0 bridgehead atoms. The highest BCUT2D eigenvalue weighted by atomic mass is 32.2. The normalized spacial score (nSPS) is 15.7. The van der Waals surface area contributed by atoms with Crippen LogP contribution in [0.5, 0.6) is 0 Å². The van der Waals surface area contributed by atoms with E-state index in [1.165, 1.54) is 18.0 Å². The Labute approximate surface area is 200 Å². The first-order valence-corrected chi connectivity index (χ1v) is 12.1. The van der Waals surface area contributed by atoms with Gasteiger partial charge in [0.1, 0.15) is 11.4 Å². The van der Waals surface area contributed by atoms with E-state index < -0.39 is 23.3 Å². The van der Waals surface area contributed by atoms with Gasteiger partial charge in [-0.15, -0.1) is 0 Å². The third-order valence-corrected chi connectivity index (χ3v) is 7.29. The number of carboxylic acid groups (broad SMARTS) is 1. The third-order valence-electron chi connectivity index (χ3n) is 6.08. The molecule has 0 radical (unpaired) electrons. The van der Waals surface area contributed by atoms with Gasteiger partial charge in [0.05, 0.1) is 17.3 Å². The first-order chi connectivity index (χ1) is 16.3. The number of carbonyl (C=O) groups is 1. The molecule has 1 atom stereocenters. The van der Waals surface area contributed by atoms with Crippen LogP contribution in [-0.4, -0.2) is 79.8 Å². The van der Waals surface area contributed by atoms with E-state index in [2.05, 4.69) is 9.88 Å². The van der Waals surface area contributed by atoms with Crippen molar-refractivity contribution in [1.29, 1.82) is 0 Å². The molecule has 1 fully saturated rings. The van der Waals surface area contributed by atoms with Gasteiger partial charge in [-0.3, -0.25) is 9.69 Å². The number of hydrogen-bond acceptors (Lipinski definition) is 7. The van der Waals surface area contributed by atoms with Crippen molar-refractivity contribution >= 4 is 34.3 Å². The van der Waals surface area contributed by atoms with Crippen LogP contribution in [0.3, 0.4) is 0 Å². The number of aliphatic hydroxyl groups excluding tert-OH is 1. The number of carboxylic acids is 1. The fourth-order valence-corrected chi connectivity index (χ4v) is 5.09. The molecule has 1 aliphatic heterocycles. The highest BCUT2D eigenvalue weighted by molar-refractivity contribution is 7.99. The monoisotopic (exact) mass is 489 g/mol. The number of thioether (sulfide) groups is 1. The Morgan fingerprint density at radius 3 is 2.62 bits per heavy atom. The number of nitrogens with zero attached hydrogens (tertiary/aromatic N) is 5. The van der Waals surface area contributed by atoms with Crippen molar-refractivity contribution in [2.75, 3.05) is 43.4 Å². The van der Waals surface area contributed by atoms with Crippen LogP contribution in [-0.2, 0) is 13.6 Å². The van der Waals surface area contributed by atoms with Crippen LogP contribution in [0, 0.1) is 5.82 Å². The van der Waals surface area contributed by atoms with Crippen LogP contribution < -0.4 is 10.3 Å². The predicted octanol–water partition coefficient (Wildman–Crippen LogP) is 1.87. The van der Waals surface area contributed by atoms with Gasteiger partial charge in [0.15, 0.2) is 5.16 Å². The minimum absolute atomic E-state index is 0.0648. The van der Waals surface area contributed by atoms with E-state index in [1.54, 1.807) is 16.8 Å². The molecule has 0 amide bonds. The highest BCUT2D eigenvalue weighted by Crippen LogP contribution is 2.26. The molecule has 1 aliphatic rings. The van der Waals surface area contributed by atoms with Crippen molar-refractivity contribution in [2.24, 2.45) is 7.05 Å². The molecule has 9 nitrogen and oxygen atoms in total. The molecule has 11 heteroatoms. The number of hydrogen-bond donors (Lipinski definition) is 2. The number of aromatic carboxylic acids is 1. The van der Waals surface area contributed by atoms with E-state index in [-0.39, 0.29) is 10.9 Å². The summed E-state index contributed by atoms with van der Waals surface area (Å²) >= 11 is 1.51. The van der Waals surface area contributed by atoms with Gasteiger partial charge in [0.2, 0.25) is 5.43 Å². The summed E-state index contributed by atoms with van der Waals surface area (Å²) in [5, 5.41) is 20.7. The molecule has 2 aromatic heterocycles. The number of benzene rings is 1. The van der Waals surface area contributed by atoms with Crippen molar-refractivity contribution in [1.82, 2.24) is 19.0 Å². The summed E-state index contributed by atoms with van der Waals surface area (Å²) in [4.78, 5) is 32.3. The van der Waals surface area contributed by atoms with Gasteiger partial charge >= 0.3 is 5.97 Å². The largest absolute Gasteiger partial charge is 0.477 e. The van der Waals surface area contributed by atoms with Gasteiger partial charge in [-0.1, -0.05) is 11.8 Å². The number of aliphatic hydroxyl groups is 1. The van der Waals surface area contributed by atoms with Crippen molar-refractivity contribution in [3.63, 3.8) is 0 Å². The number of rotatable bonds is 8. The molecule has 0 spiro atoms. The molecule has 0 aliphatic carbocycles. The molecule has 3 aromatic rings. The number of anilines is 1. The number of aromatic nitrogens is 3. The van der Waals surface area contributed by atoms with Gasteiger partial charge in [-0.2, -0.15) is 0 Å². The van der Waals surface area contributed by atoms with E-state index in [9.17, 15) is 19.8 Å². The second kappa shape index (κ2) is 10.2. The Morgan fingerprint density at radius 2 is 2.00 bits per heavy atom. The molecule has 2 N–H and O–H groups in total. The fourth-order valence-electron chi connectivity index (χ4n) is 4.24. The van der Waals surface area contributed by atoms with E-state index in [0.717, 1.165) is 11.2 Å². The highest BCUT2D eigenvalue weighted by Gasteiger charge is 2.23. The summed E-state index contributed by atoms with van der Waals surface area (Å²) in [5.41, 5.74) is -0.143. The number of pyridine rings is 1. The lowest BCUT2D eigenvalue weighted by Crippen LogP contribution is -2.49. The van der Waals surface area contributed by atoms with Crippen molar-refractivity contribution in [3.05, 3.63) is 52.3 Å². The van der Waals surface area contributed by atoms with E-state index >= 15 is 4.39 Å². The number of halogens is 1. The predicted molar refractivity (Wildman–Crippen MR) is 129 cm³/mol. The van der Waals surface area contributed by atoms with Gasteiger partial charge in [0, 0.05) is 76.0 Å². The first kappa shape index (κ1) is 24.2. The van der Waals surface area contributed by atoms with Gasteiger partial charge in [-0.25, -0.2) is 14.2 Å². The zero-order valence-electron chi connectivity index (χ0n) is 19.1. The van der Waals surface area contributed by atoms with E-state index in [4.69, 9.17) is 0 Å².